The summed E-state index contributed by atoms with van der Waals surface area (Å²) >= 11 is 0. The third kappa shape index (κ3) is 8.83. The number of carbonyl (C=O) groups excluding carboxylic acids is 2. The van der Waals surface area contributed by atoms with Crippen molar-refractivity contribution in [2.75, 3.05) is 19.7 Å². The summed E-state index contributed by atoms with van der Waals surface area (Å²) in [5, 5.41) is 24.4. The van der Waals surface area contributed by atoms with E-state index in [0.29, 0.717) is 12.5 Å². The maximum Gasteiger partial charge on any atom is 0.326 e. The predicted octanol–water partition coefficient (Wildman–Crippen LogP) is -1.11. The highest BCUT2D eigenvalue weighted by Gasteiger charge is 2.19. The summed E-state index contributed by atoms with van der Waals surface area (Å²) in [6.45, 7) is 3.79. The summed E-state index contributed by atoms with van der Waals surface area (Å²) in [6.07, 6.45) is -0.0949. The van der Waals surface area contributed by atoms with Crippen molar-refractivity contribution < 1.29 is 24.6 Å². The zero-order valence-corrected chi connectivity index (χ0v) is 11.1. The maximum absolute atomic E-state index is 11.3. The van der Waals surface area contributed by atoms with Crippen LogP contribution in [0.3, 0.4) is 0 Å². The fourth-order valence-corrected chi connectivity index (χ4v) is 1.14. The van der Waals surface area contributed by atoms with Crippen LogP contribution in [0.15, 0.2) is 0 Å². The summed E-state index contributed by atoms with van der Waals surface area (Å²) in [6, 6.07) is -1.94. The second-order valence-corrected chi connectivity index (χ2v) is 4.43. The molecule has 0 spiro atoms. The van der Waals surface area contributed by atoms with Crippen molar-refractivity contribution in [3.8, 4) is 0 Å². The molecule has 0 radical (unpaired) electrons. The highest BCUT2D eigenvalue weighted by atomic mass is 16.4. The highest BCUT2D eigenvalue weighted by molar-refractivity contribution is 5.86. The molecule has 3 amide bonds. The Morgan fingerprint density at radius 2 is 1.79 bits per heavy atom. The molecule has 0 aliphatic carbocycles. The quantitative estimate of drug-likeness (QED) is 0.384. The minimum atomic E-state index is -1.24. The van der Waals surface area contributed by atoms with Gasteiger partial charge in [0.15, 0.2) is 0 Å². The Morgan fingerprint density at radius 1 is 1.16 bits per heavy atom. The first kappa shape index (κ1) is 17.2. The molecule has 110 valence electrons. The van der Waals surface area contributed by atoms with Crippen LogP contribution in [-0.4, -0.2) is 53.9 Å². The van der Waals surface area contributed by atoms with Gasteiger partial charge in [-0.15, -0.1) is 0 Å². The Morgan fingerprint density at radius 3 is 2.26 bits per heavy atom. The first-order valence-corrected chi connectivity index (χ1v) is 6.01. The smallest absolute Gasteiger partial charge is 0.326 e. The van der Waals surface area contributed by atoms with Gasteiger partial charge < -0.3 is 26.2 Å². The first-order valence-electron chi connectivity index (χ1n) is 6.01. The van der Waals surface area contributed by atoms with E-state index in [-0.39, 0.29) is 25.5 Å². The number of carboxylic acid groups (broad SMARTS) is 1. The number of urea groups is 1. The van der Waals surface area contributed by atoms with Gasteiger partial charge in [0, 0.05) is 19.6 Å². The Kier molecular flexibility index (Phi) is 8.27. The van der Waals surface area contributed by atoms with Crippen LogP contribution in [0.2, 0.25) is 0 Å². The number of carboxylic acids is 1. The number of amides is 3. The number of aliphatic hydroxyl groups excluding tert-OH is 1. The van der Waals surface area contributed by atoms with Crippen molar-refractivity contribution in [2.24, 2.45) is 5.92 Å². The van der Waals surface area contributed by atoms with Gasteiger partial charge in [0.2, 0.25) is 5.91 Å². The number of aliphatic hydroxyl groups is 1. The number of hydrogen-bond donors (Lipinski definition) is 5. The van der Waals surface area contributed by atoms with Gasteiger partial charge in [-0.2, -0.15) is 0 Å². The molecule has 0 rings (SSSR count). The fraction of sp³-hybridized carbons (Fsp3) is 0.727. The molecule has 0 fully saturated rings. The Hall–Kier alpha value is -1.83. The van der Waals surface area contributed by atoms with Crippen LogP contribution in [0, 0.1) is 5.92 Å². The van der Waals surface area contributed by atoms with Crippen molar-refractivity contribution in [3.63, 3.8) is 0 Å². The summed E-state index contributed by atoms with van der Waals surface area (Å²) in [5.41, 5.74) is 0. The molecule has 0 aromatic heterocycles. The van der Waals surface area contributed by atoms with Gasteiger partial charge in [0.05, 0.1) is 6.54 Å². The molecule has 0 bridgehead atoms. The van der Waals surface area contributed by atoms with Gasteiger partial charge in [-0.1, -0.05) is 13.8 Å². The molecule has 0 saturated carbocycles. The second-order valence-electron chi connectivity index (χ2n) is 4.43. The maximum atomic E-state index is 11.3. The second kappa shape index (κ2) is 9.15. The van der Waals surface area contributed by atoms with E-state index in [0.717, 1.165) is 0 Å². The Balaban J connectivity index is 3.96. The summed E-state index contributed by atoms with van der Waals surface area (Å²) in [4.78, 5) is 33.3. The number of aliphatic carboxylic acids is 1. The molecule has 1 atom stereocenters. The van der Waals surface area contributed by atoms with Crippen LogP contribution in [0.1, 0.15) is 20.3 Å². The van der Waals surface area contributed by atoms with Crippen molar-refractivity contribution in [2.45, 2.75) is 26.3 Å². The minimum absolute atomic E-state index is 0.0949. The molecular weight excluding hydrogens is 254 g/mol. The number of carbonyl (C=O) groups is 3. The average molecular weight is 275 g/mol. The first-order chi connectivity index (χ1) is 8.86. The van der Waals surface area contributed by atoms with Gasteiger partial charge in [-0.25, -0.2) is 9.59 Å². The van der Waals surface area contributed by atoms with Crippen LogP contribution >= 0.6 is 0 Å². The zero-order chi connectivity index (χ0) is 14.8. The summed E-state index contributed by atoms with van der Waals surface area (Å²) in [7, 11) is 0. The van der Waals surface area contributed by atoms with Crippen molar-refractivity contribution in [1.29, 1.82) is 0 Å². The predicted molar refractivity (Wildman–Crippen MR) is 67.5 cm³/mol. The Bertz CT molecular complexity index is 319. The minimum Gasteiger partial charge on any atom is -0.480 e. The summed E-state index contributed by atoms with van der Waals surface area (Å²) < 4.78 is 0. The molecule has 8 heteroatoms. The zero-order valence-electron chi connectivity index (χ0n) is 11.1. The van der Waals surface area contributed by atoms with E-state index >= 15 is 0 Å². The Labute approximate surface area is 111 Å². The van der Waals surface area contributed by atoms with E-state index in [1.165, 1.54) is 0 Å². The van der Waals surface area contributed by atoms with E-state index in [4.69, 9.17) is 10.2 Å². The van der Waals surface area contributed by atoms with E-state index < -0.39 is 18.0 Å². The molecule has 5 N–H and O–H groups in total. The molecule has 0 aromatic carbocycles. The lowest BCUT2D eigenvalue weighted by Crippen LogP contribution is -2.48. The third-order valence-corrected chi connectivity index (χ3v) is 2.14. The molecule has 0 heterocycles. The lowest BCUT2D eigenvalue weighted by molar-refractivity contribution is -0.139. The normalized spacial score (nSPS) is 11.8. The standard InChI is InChI=1S/C11H21N3O5/c1-7(2)5-12-9(16)6-13-11(19)14-8(3-4-15)10(17)18/h7-8,15H,3-6H2,1-2H3,(H,12,16)(H,17,18)(H2,13,14,19)/t8-/m0/s1. The van der Waals surface area contributed by atoms with Crippen LogP contribution < -0.4 is 16.0 Å². The summed E-state index contributed by atoms with van der Waals surface area (Å²) in [5.74, 6) is -1.29. The average Bonchev–Trinajstić information content (AvgIpc) is 2.33. The van der Waals surface area contributed by atoms with Crippen LogP contribution in [0.25, 0.3) is 0 Å². The molecule has 0 saturated heterocycles. The molecule has 0 aromatic rings. The SMILES string of the molecule is CC(C)CNC(=O)CNC(=O)N[C@@H](CCO)C(=O)O. The van der Waals surface area contributed by atoms with E-state index in [9.17, 15) is 14.4 Å². The molecule has 19 heavy (non-hydrogen) atoms. The van der Waals surface area contributed by atoms with E-state index in [1.807, 2.05) is 13.8 Å². The topological polar surface area (TPSA) is 128 Å². The largest absolute Gasteiger partial charge is 0.480 e. The molecule has 0 aliphatic heterocycles. The molecule has 8 nitrogen and oxygen atoms in total. The monoisotopic (exact) mass is 275 g/mol. The van der Waals surface area contributed by atoms with Gasteiger partial charge >= 0.3 is 12.0 Å². The highest BCUT2D eigenvalue weighted by Crippen LogP contribution is 1.91. The molecular formula is C11H21N3O5. The van der Waals surface area contributed by atoms with Gasteiger partial charge in [-0.3, -0.25) is 4.79 Å². The number of nitrogens with one attached hydrogen (secondary N) is 3. The molecule has 0 unspecified atom stereocenters. The van der Waals surface area contributed by atoms with Crippen LogP contribution in [-0.2, 0) is 9.59 Å². The third-order valence-electron chi connectivity index (χ3n) is 2.14. The van der Waals surface area contributed by atoms with Crippen molar-refractivity contribution in [3.05, 3.63) is 0 Å². The van der Waals surface area contributed by atoms with Crippen molar-refractivity contribution in [1.82, 2.24) is 16.0 Å². The lowest BCUT2D eigenvalue weighted by atomic mass is 10.2. The van der Waals surface area contributed by atoms with Gasteiger partial charge in [0.1, 0.15) is 6.04 Å². The fourth-order valence-electron chi connectivity index (χ4n) is 1.14. The van der Waals surface area contributed by atoms with Crippen molar-refractivity contribution >= 4 is 17.9 Å². The van der Waals surface area contributed by atoms with E-state index in [1.54, 1.807) is 0 Å². The number of hydrogen-bond acceptors (Lipinski definition) is 4. The van der Waals surface area contributed by atoms with E-state index in [2.05, 4.69) is 16.0 Å². The van der Waals surface area contributed by atoms with Crippen LogP contribution in [0.5, 0.6) is 0 Å². The van der Waals surface area contributed by atoms with Crippen LogP contribution in [0.4, 0.5) is 4.79 Å². The molecule has 0 aliphatic rings. The lowest BCUT2D eigenvalue weighted by Gasteiger charge is -2.14. The number of rotatable bonds is 8. The van der Waals surface area contributed by atoms with Gasteiger partial charge in [-0.05, 0) is 5.92 Å². The van der Waals surface area contributed by atoms with Gasteiger partial charge in [0.25, 0.3) is 0 Å².